The molecule has 0 radical (unpaired) electrons. The molecule has 0 spiro atoms. The van der Waals surface area contributed by atoms with Crippen LogP contribution in [0.15, 0.2) is 72.9 Å². The molecule has 0 unspecified atom stereocenters. The molecule has 1 heterocycles. The number of carbonyl (C=O) groups is 1. The Morgan fingerprint density at radius 1 is 0.862 bits per heavy atom. The van der Waals surface area contributed by atoms with Crippen LogP contribution >= 0.6 is 0 Å². The number of carbonyl (C=O) groups excluding carboxylic acids is 1. The van der Waals surface area contributed by atoms with E-state index in [-0.39, 0.29) is 18.5 Å². The second-order valence-electron chi connectivity index (χ2n) is 7.09. The van der Waals surface area contributed by atoms with Gasteiger partial charge in [-0.2, -0.15) is 0 Å². The highest BCUT2D eigenvalue weighted by atomic mass is 16.5. The Balaban J connectivity index is 2.66. The average molecular weight is 403 g/mol. The van der Waals surface area contributed by atoms with Crippen LogP contribution in [-0.4, -0.2) is 45.7 Å². The maximum Gasteiger partial charge on any atom is 0.331 e. The van der Waals surface area contributed by atoms with Gasteiger partial charge in [0.1, 0.15) is 0 Å². The van der Waals surface area contributed by atoms with E-state index in [0.717, 1.165) is 19.3 Å². The van der Waals surface area contributed by atoms with Gasteiger partial charge in [-0.25, -0.2) is 4.79 Å². The van der Waals surface area contributed by atoms with Crippen LogP contribution in [0.3, 0.4) is 0 Å². The summed E-state index contributed by atoms with van der Waals surface area (Å²) in [5.41, 5.74) is 0. The van der Waals surface area contributed by atoms with E-state index in [0.29, 0.717) is 12.8 Å². The normalized spacial score (nSPS) is 35.4. The van der Waals surface area contributed by atoms with Crippen molar-refractivity contribution in [1.29, 1.82) is 0 Å². The fraction of sp³-hybridized carbons (Fsp3) is 0.458. The van der Waals surface area contributed by atoms with Crippen molar-refractivity contribution >= 4 is 5.97 Å². The van der Waals surface area contributed by atoms with Crippen LogP contribution in [0.4, 0.5) is 0 Å². The summed E-state index contributed by atoms with van der Waals surface area (Å²) >= 11 is 0. The molecule has 1 aliphatic heterocycles. The number of allylic oxidation sites excluding steroid dienone is 7. The average Bonchev–Trinajstić information content (AvgIpc) is 2.65. The zero-order chi connectivity index (χ0) is 21.3. The molecule has 5 heteroatoms. The van der Waals surface area contributed by atoms with Crippen LogP contribution in [0.2, 0.25) is 0 Å². The van der Waals surface area contributed by atoms with Crippen molar-refractivity contribution < 1.29 is 24.9 Å². The molecular weight excluding hydrogens is 368 g/mol. The van der Waals surface area contributed by atoms with Gasteiger partial charge in [-0.1, -0.05) is 66.8 Å². The largest absolute Gasteiger partial charge is 0.460 e. The topological polar surface area (TPSA) is 87.0 Å². The van der Waals surface area contributed by atoms with Crippen molar-refractivity contribution in [3.8, 4) is 0 Å². The first-order chi connectivity index (χ1) is 14.0. The monoisotopic (exact) mass is 402 g/mol. The highest BCUT2D eigenvalue weighted by Crippen LogP contribution is 2.08. The SMILES string of the molecule is C[C@@H]1CCC/C=C/C=C\[C@H](O)C[C@@H](O)C/C=C/C=C/[C@@H](O)C/C=C/C=C\C(=O)O1. The summed E-state index contributed by atoms with van der Waals surface area (Å²) in [6.45, 7) is 1.87. The predicted molar refractivity (Wildman–Crippen MR) is 116 cm³/mol. The first-order valence-electron chi connectivity index (χ1n) is 10.2. The number of hydrogen-bond acceptors (Lipinski definition) is 5. The molecule has 0 fully saturated rings. The number of cyclic esters (lactones) is 1. The van der Waals surface area contributed by atoms with Gasteiger partial charge in [0.25, 0.3) is 0 Å². The second kappa shape index (κ2) is 15.7. The lowest BCUT2D eigenvalue weighted by atomic mass is 10.1. The van der Waals surface area contributed by atoms with Crippen LogP contribution in [0, 0.1) is 0 Å². The van der Waals surface area contributed by atoms with Gasteiger partial charge in [-0.15, -0.1) is 0 Å². The van der Waals surface area contributed by atoms with E-state index in [9.17, 15) is 20.1 Å². The van der Waals surface area contributed by atoms with Gasteiger partial charge in [-0.3, -0.25) is 0 Å². The fourth-order valence-corrected chi connectivity index (χ4v) is 2.66. The van der Waals surface area contributed by atoms with Crippen LogP contribution in [0.5, 0.6) is 0 Å². The number of esters is 1. The van der Waals surface area contributed by atoms with Crippen LogP contribution < -0.4 is 0 Å². The molecule has 0 aromatic heterocycles. The minimum atomic E-state index is -0.703. The third-order valence-corrected chi connectivity index (χ3v) is 4.24. The lowest BCUT2D eigenvalue weighted by molar-refractivity contribution is -0.142. The molecule has 0 saturated carbocycles. The molecule has 0 aliphatic carbocycles. The van der Waals surface area contributed by atoms with Crippen molar-refractivity contribution in [2.45, 2.75) is 69.9 Å². The zero-order valence-corrected chi connectivity index (χ0v) is 17.1. The number of hydrogen-bond donors (Lipinski definition) is 3. The number of rotatable bonds is 0. The van der Waals surface area contributed by atoms with Crippen LogP contribution in [0.25, 0.3) is 0 Å². The number of aliphatic hydroxyl groups excluding tert-OH is 3. The summed E-state index contributed by atoms with van der Waals surface area (Å²) in [6.07, 6.45) is 22.2. The minimum absolute atomic E-state index is 0.158. The Kier molecular flexibility index (Phi) is 13.4. The summed E-state index contributed by atoms with van der Waals surface area (Å²) in [5, 5.41) is 29.8. The van der Waals surface area contributed by atoms with Crippen LogP contribution in [-0.2, 0) is 9.53 Å². The molecule has 0 amide bonds. The van der Waals surface area contributed by atoms with Crippen molar-refractivity contribution in [2.75, 3.05) is 0 Å². The van der Waals surface area contributed by atoms with Gasteiger partial charge in [0.2, 0.25) is 0 Å². The lowest BCUT2D eigenvalue weighted by Gasteiger charge is -2.10. The molecular formula is C24H34O5. The Bertz CT molecular complexity index is 627. The van der Waals surface area contributed by atoms with E-state index in [4.69, 9.17) is 4.74 Å². The molecule has 29 heavy (non-hydrogen) atoms. The summed E-state index contributed by atoms with van der Waals surface area (Å²) in [7, 11) is 0. The summed E-state index contributed by atoms with van der Waals surface area (Å²) in [6, 6.07) is 0. The highest BCUT2D eigenvalue weighted by Gasteiger charge is 2.07. The Labute approximate surface area is 174 Å². The Hall–Kier alpha value is -2.21. The summed E-state index contributed by atoms with van der Waals surface area (Å²) in [4.78, 5) is 11.7. The van der Waals surface area contributed by atoms with Crippen molar-refractivity contribution in [3.05, 3.63) is 72.9 Å². The maximum atomic E-state index is 11.7. The van der Waals surface area contributed by atoms with E-state index in [1.54, 1.807) is 54.7 Å². The molecule has 0 bridgehead atoms. The Morgan fingerprint density at radius 3 is 2.31 bits per heavy atom. The number of aliphatic hydroxyl groups is 3. The zero-order valence-electron chi connectivity index (χ0n) is 17.1. The first-order valence-corrected chi connectivity index (χ1v) is 10.2. The van der Waals surface area contributed by atoms with Gasteiger partial charge in [-0.05, 0) is 39.0 Å². The van der Waals surface area contributed by atoms with Crippen molar-refractivity contribution in [1.82, 2.24) is 0 Å². The smallest absolute Gasteiger partial charge is 0.331 e. The van der Waals surface area contributed by atoms with Gasteiger partial charge in [0.15, 0.2) is 0 Å². The third kappa shape index (κ3) is 14.4. The quantitative estimate of drug-likeness (QED) is 0.538. The molecule has 4 atom stereocenters. The van der Waals surface area contributed by atoms with Crippen LogP contribution in [0.1, 0.15) is 45.4 Å². The molecule has 1 aliphatic rings. The summed E-state index contributed by atoms with van der Waals surface area (Å²) < 4.78 is 5.31. The second-order valence-corrected chi connectivity index (χ2v) is 7.09. The first kappa shape index (κ1) is 24.8. The van der Waals surface area contributed by atoms with Gasteiger partial charge < -0.3 is 20.1 Å². The lowest BCUT2D eigenvalue weighted by Crippen LogP contribution is -2.14. The standard InChI is InChI=1S/C24H34O5/c1-20-13-7-3-2-4-8-16-22(26)19-23(27)17-11-5-9-14-21(25)15-10-6-12-18-24(28)29-20/h2,4-6,8-12,14,16,18,20-23,25-27H,3,7,13,15,17,19H2,1H3/b4-2+,10-6+,11-5+,14-9+,16-8-,18-12-/t20-,21-,22+,23+/m1/s1. The molecule has 160 valence electrons. The van der Waals surface area contributed by atoms with Gasteiger partial charge in [0, 0.05) is 12.5 Å². The fourth-order valence-electron chi connectivity index (χ4n) is 2.66. The molecule has 0 saturated heterocycles. The van der Waals surface area contributed by atoms with Crippen molar-refractivity contribution in [3.63, 3.8) is 0 Å². The minimum Gasteiger partial charge on any atom is -0.460 e. The summed E-state index contributed by atoms with van der Waals surface area (Å²) in [5.74, 6) is -0.378. The highest BCUT2D eigenvalue weighted by molar-refractivity contribution is 5.82. The van der Waals surface area contributed by atoms with E-state index >= 15 is 0 Å². The molecule has 5 nitrogen and oxygen atoms in total. The van der Waals surface area contributed by atoms with E-state index in [1.165, 1.54) is 6.08 Å². The predicted octanol–water partition coefficient (Wildman–Crippen LogP) is 3.69. The Morgan fingerprint density at radius 2 is 1.52 bits per heavy atom. The molecule has 0 aromatic carbocycles. The van der Waals surface area contributed by atoms with E-state index in [1.807, 2.05) is 19.1 Å². The van der Waals surface area contributed by atoms with Crippen molar-refractivity contribution in [2.24, 2.45) is 0 Å². The third-order valence-electron chi connectivity index (χ3n) is 4.24. The maximum absolute atomic E-state index is 11.7. The molecule has 1 rings (SSSR count). The van der Waals surface area contributed by atoms with E-state index in [2.05, 4.69) is 0 Å². The number of ether oxygens (including phenoxy) is 1. The van der Waals surface area contributed by atoms with Gasteiger partial charge >= 0.3 is 5.97 Å². The molecule has 3 N–H and O–H groups in total. The van der Waals surface area contributed by atoms with E-state index < -0.39 is 18.3 Å². The van der Waals surface area contributed by atoms with Gasteiger partial charge in [0.05, 0.1) is 24.4 Å². The molecule has 0 aromatic rings.